The van der Waals surface area contributed by atoms with Crippen LogP contribution in [0.5, 0.6) is 5.75 Å². The van der Waals surface area contributed by atoms with Crippen LogP contribution in [-0.4, -0.2) is 37.6 Å². The predicted molar refractivity (Wildman–Crippen MR) is 86.6 cm³/mol. The van der Waals surface area contributed by atoms with E-state index in [4.69, 9.17) is 9.47 Å². The van der Waals surface area contributed by atoms with Gasteiger partial charge in [-0.3, -0.25) is 0 Å². The van der Waals surface area contributed by atoms with Gasteiger partial charge in [0.05, 0.1) is 12.2 Å². The molecule has 0 aliphatic heterocycles. The minimum Gasteiger partial charge on any atom is -0.490 e. The van der Waals surface area contributed by atoms with Crippen LogP contribution in [0.2, 0.25) is 0 Å². The lowest BCUT2D eigenvalue weighted by Gasteiger charge is -2.23. The topological polar surface area (TPSA) is 50.7 Å². The molecule has 0 aromatic heterocycles. The van der Waals surface area contributed by atoms with E-state index in [2.05, 4.69) is 21.2 Å². The number of rotatable bonds is 8. The number of hydrogen-bond acceptors (Lipinski definition) is 4. The molecule has 2 N–H and O–H groups in total. The normalized spacial score (nSPS) is 17.1. The van der Waals surface area contributed by atoms with Crippen molar-refractivity contribution < 1.29 is 14.6 Å². The van der Waals surface area contributed by atoms with Gasteiger partial charge in [0.15, 0.2) is 0 Å². The zero-order valence-corrected chi connectivity index (χ0v) is 14.1. The molecule has 5 heteroatoms. The Morgan fingerprint density at radius 1 is 1.33 bits per heavy atom. The van der Waals surface area contributed by atoms with Gasteiger partial charge in [-0.25, -0.2) is 0 Å². The maximum Gasteiger partial charge on any atom is 0.124 e. The highest BCUT2D eigenvalue weighted by Gasteiger charge is 2.32. The molecule has 0 bridgehead atoms. The van der Waals surface area contributed by atoms with E-state index < -0.39 is 5.60 Å². The summed E-state index contributed by atoms with van der Waals surface area (Å²) in [4.78, 5) is 0. The number of benzene rings is 1. The van der Waals surface area contributed by atoms with Crippen LogP contribution in [0.15, 0.2) is 22.7 Å². The first-order chi connectivity index (χ1) is 10.1. The van der Waals surface area contributed by atoms with Crippen LogP contribution in [0, 0.1) is 0 Å². The zero-order valence-electron chi connectivity index (χ0n) is 12.5. The van der Waals surface area contributed by atoms with E-state index in [1.54, 1.807) is 7.11 Å². The molecule has 1 aromatic carbocycles. The van der Waals surface area contributed by atoms with Gasteiger partial charge in [-0.2, -0.15) is 0 Å². The fourth-order valence-corrected chi connectivity index (χ4v) is 3.02. The van der Waals surface area contributed by atoms with Crippen molar-refractivity contribution in [3.05, 3.63) is 28.2 Å². The number of aliphatic hydroxyl groups is 1. The molecule has 1 fully saturated rings. The Morgan fingerprint density at radius 2 is 2.10 bits per heavy atom. The molecular formula is C16H24BrNO3. The third-order valence-corrected chi connectivity index (χ3v) is 4.34. The smallest absolute Gasteiger partial charge is 0.124 e. The Bertz CT molecular complexity index is 447. The molecule has 1 aliphatic rings. The molecule has 0 atom stereocenters. The summed E-state index contributed by atoms with van der Waals surface area (Å²) in [6.45, 7) is 2.58. The Hall–Kier alpha value is -0.620. The average Bonchev–Trinajstić information content (AvgIpc) is 2.90. The van der Waals surface area contributed by atoms with Gasteiger partial charge < -0.3 is 19.9 Å². The monoisotopic (exact) mass is 357 g/mol. The summed E-state index contributed by atoms with van der Waals surface area (Å²) in [5, 5.41) is 13.7. The van der Waals surface area contributed by atoms with E-state index in [0.717, 1.165) is 54.6 Å². The molecule has 0 heterocycles. The second kappa shape index (κ2) is 8.13. The van der Waals surface area contributed by atoms with Crippen molar-refractivity contribution in [1.29, 1.82) is 0 Å². The van der Waals surface area contributed by atoms with Crippen molar-refractivity contribution in [2.24, 2.45) is 0 Å². The maximum absolute atomic E-state index is 10.4. The fraction of sp³-hybridized carbons (Fsp3) is 0.625. The van der Waals surface area contributed by atoms with Gasteiger partial charge in [0, 0.05) is 30.2 Å². The third-order valence-electron chi connectivity index (χ3n) is 3.85. The highest BCUT2D eigenvalue weighted by molar-refractivity contribution is 9.10. The van der Waals surface area contributed by atoms with Gasteiger partial charge in [-0.05, 0) is 31.0 Å². The fourth-order valence-electron chi connectivity index (χ4n) is 2.61. The van der Waals surface area contributed by atoms with Crippen LogP contribution >= 0.6 is 15.9 Å². The highest BCUT2D eigenvalue weighted by atomic mass is 79.9. The predicted octanol–water partition coefficient (Wildman–Crippen LogP) is 2.87. The molecule has 21 heavy (non-hydrogen) atoms. The molecule has 0 unspecified atom stereocenters. The van der Waals surface area contributed by atoms with E-state index >= 15 is 0 Å². The summed E-state index contributed by atoms with van der Waals surface area (Å²) in [5.41, 5.74) is 0.440. The van der Waals surface area contributed by atoms with Crippen LogP contribution in [0.1, 0.15) is 31.2 Å². The molecule has 0 amide bonds. The van der Waals surface area contributed by atoms with Crippen molar-refractivity contribution in [1.82, 2.24) is 5.32 Å². The van der Waals surface area contributed by atoms with E-state index in [-0.39, 0.29) is 0 Å². The van der Waals surface area contributed by atoms with Crippen LogP contribution in [-0.2, 0) is 11.3 Å². The summed E-state index contributed by atoms with van der Waals surface area (Å²) in [6, 6.07) is 5.97. The molecule has 118 valence electrons. The maximum atomic E-state index is 10.4. The summed E-state index contributed by atoms with van der Waals surface area (Å²) in [6.07, 6.45) is 3.85. The lowest BCUT2D eigenvalue weighted by molar-refractivity contribution is 0.00110. The lowest BCUT2D eigenvalue weighted by atomic mass is 10.0. The summed E-state index contributed by atoms with van der Waals surface area (Å²) in [5.74, 6) is 0.837. The summed E-state index contributed by atoms with van der Waals surface area (Å²) < 4.78 is 11.9. The number of ether oxygens (including phenoxy) is 2. The van der Waals surface area contributed by atoms with E-state index in [1.165, 1.54) is 0 Å². The SMILES string of the molecule is COCCNCc1cc(Br)ccc1OCC1(O)CCCC1. The van der Waals surface area contributed by atoms with Crippen molar-refractivity contribution in [2.45, 2.75) is 37.8 Å². The Kier molecular flexibility index (Phi) is 6.48. The van der Waals surface area contributed by atoms with E-state index in [0.29, 0.717) is 13.2 Å². The van der Waals surface area contributed by atoms with Crippen LogP contribution in [0.3, 0.4) is 0 Å². The number of halogens is 1. The molecule has 1 saturated carbocycles. The minimum atomic E-state index is -0.645. The number of nitrogens with one attached hydrogen (secondary N) is 1. The minimum absolute atomic E-state index is 0.375. The summed E-state index contributed by atoms with van der Waals surface area (Å²) >= 11 is 3.49. The van der Waals surface area contributed by atoms with Gasteiger partial charge in [-0.1, -0.05) is 28.8 Å². The van der Waals surface area contributed by atoms with Gasteiger partial charge in [0.1, 0.15) is 12.4 Å². The largest absolute Gasteiger partial charge is 0.490 e. The first-order valence-electron chi connectivity index (χ1n) is 7.46. The lowest BCUT2D eigenvalue weighted by Crippen LogP contribution is -2.32. The van der Waals surface area contributed by atoms with Gasteiger partial charge in [-0.15, -0.1) is 0 Å². The number of hydrogen-bond donors (Lipinski definition) is 2. The molecule has 0 radical (unpaired) electrons. The van der Waals surface area contributed by atoms with Gasteiger partial charge in [0.2, 0.25) is 0 Å². The standard InChI is InChI=1S/C16H24BrNO3/c1-20-9-8-18-11-13-10-14(17)4-5-15(13)21-12-16(19)6-2-3-7-16/h4-5,10,18-19H,2-3,6-9,11-12H2,1H3. The molecule has 2 rings (SSSR count). The van der Waals surface area contributed by atoms with Crippen molar-refractivity contribution in [3.8, 4) is 5.75 Å². The van der Waals surface area contributed by atoms with Crippen LogP contribution in [0.4, 0.5) is 0 Å². The van der Waals surface area contributed by atoms with Crippen LogP contribution in [0.25, 0.3) is 0 Å². The van der Waals surface area contributed by atoms with E-state index in [9.17, 15) is 5.11 Å². The molecule has 0 spiro atoms. The van der Waals surface area contributed by atoms with Gasteiger partial charge in [0.25, 0.3) is 0 Å². The average molecular weight is 358 g/mol. The molecule has 4 nitrogen and oxygen atoms in total. The Morgan fingerprint density at radius 3 is 2.81 bits per heavy atom. The first kappa shape index (κ1) is 16.7. The third kappa shape index (κ3) is 5.25. The molecule has 0 saturated heterocycles. The zero-order chi connectivity index (χ0) is 15.1. The number of methoxy groups -OCH3 is 1. The molecular weight excluding hydrogens is 334 g/mol. The molecule has 1 aliphatic carbocycles. The van der Waals surface area contributed by atoms with Crippen molar-refractivity contribution >= 4 is 15.9 Å². The Labute approximate surface area is 135 Å². The van der Waals surface area contributed by atoms with Crippen molar-refractivity contribution in [3.63, 3.8) is 0 Å². The second-order valence-corrected chi connectivity index (χ2v) is 6.56. The Balaban J connectivity index is 1.94. The molecule has 1 aromatic rings. The second-order valence-electron chi connectivity index (χ2n) is 5.64. The van der Waals surface area contributed by atoms with Crippen LogP contribution < -0.4 is 10.1 Å². The van der Waals surface area contributed by atoms with Crippen molar-refractivity contribution in [2.75, 3.05) is 26.9 Å². The quantitative estimate of drug-likeness (QED) is 0.702. The highest BCUT2D eigenvalue weighted by Crippen LogP contribution is 2.31. The summed E-state index contributed by atoms with van der Waals surface area (Å²) in [7, 11) is 1.69. The van der Waals surface area contributed by atoms with E-state index in [1.807, 2.05) is 18.2 Å². The van der Waals surface area contributed by atoms with Gasteiger partial charge >= 0.3 is 0 Å². The first-order valence-corrected chi connectivity index (χ1v) is 8.25.